The lowest BCUT2D eigenvalue weighted by Crippen LogP contribution is -2.17. The summed E-state index contributed by atoms with van der Waals surface area (Å²) in [5.74, 6) is 0.297. The first-order chi connectivity index (χ1) is 14.2. The fourth-order valence-corrected chi connectivity index (χ4v) is 3.80. The van der Waals surface area contributed by atoms with E-state index in [1.807, 2.05) is 36.4 Å². The molecule has 4 aromatic rings. The fraction of sp³-hybridized carbons (Fsp3) is 0.227. The average molecular weight is 388 g/mol. The lowest BCUT2D eigenvalue weighted by atomic mass is 10.1. The Morgan fingerprint density at radius 3 is 2.79 bits per heavy atom. The molecule has 29 heavy (non-hydrogen) atoms. The lowest BCUT2D eigenvalue weighted by molar-refractivity contribution is 0.102. The van der Waals surface area contributed by atoms with Crippen molar-refractivity contribution in [3.8, 4) is 5.75 Å². The van der Waals surface area contributed by atoms with E-state index in [4.69, 9.17) is 4.74 Å². The van der Waals surface area contributed by atoms with Crippen LogP contribution >= 0.6 is 0 Å². The molecule has 0 aliphatic heterocycles. The summed E-state index contributed by atoms with van der Waals surface area (Å²) in [4.78, 5) is 17.2. The summed E-state index contributed by atoms with van der Waals surface area (Å²) in [5, 5.41) is 19.0. The Bertz CT molecular complexity index is 1200. The summed E-state index contributed by atoms with van der Waals surface area (Å²) in [6.45, 7) is 0. The number of ether oxygens (including phenoxy) is 1. The number of hydrogen-bond donors (Lipinski definition) is 2. The van der Waals surface area contributed by atoms with Crippen molar-refractivity contribution < 1.29 is 14.6 Å². The minimum atomic E-state index is -0.330. The number of carbonyl (C=O) groups excluding carboxylic acids is 1. The zero-order valence-corrected chi connectivity index (χ0v) is 15.7. The molecule has 1 amide bonds. The average Bonchev–Trinajstić information content (AvgIpc) is 3.34. The highest BCUT2D eigenvalue weighted by Gasteiger charge is 2.25. The predicted molar refractivity (Wildman–Crippen MR) is 109 cm³/mol. The van der Waals surface area contributed by atoms with Gasteiger partial charge < -0.3 is 15.2 Å². The van der Waals surface area contributed by atoms with Crippen LogP contribution in [0, 0.1) is 0 Å². The Morgan fingerprint density at radius 2 is 2.00 bits per heavy atom. The third-order valence-electron chi connectivity index (χ3n) is 5.27. The van der Waals surface area contributed by atoms with E-state index < -0.39 is 0 Å². The van der Waals surface area contributed by atoms with E-state index in [9.17, 15) is 9.90 Å². The molecule has 0 spiro atoms. The van der Waals surface area contributed by atoms with Crippen molar-refractivity contribution in [2.75, 3.05) is 5.32 Å². The number of aliphatic hydroxyl groups excluding tert-OH is 1. The van der Waals surface area contributed by atoms with Gasteiger partial charge in [-0.25, -0.2) is 9.50 Å². The number of carbonyl (C=O) groups is 1. The van der Waals surface area contributed by atoms with Gasteiger partial charge in [-0.05, 0) is 41.8 Å². The Balaban J connectivity index is 1.50. The summed E-state index contributed by atoms with van der Waals surface area (Å²) >= 11 is 0. The Labute approximate surface area is 166 Å². The molecule has 1 saturated carbocycles. The van der Waals surface area contributed by atoms with Gasteiger partial charge >= 0.3 is 0 Å². The molecule has 7 heteroatoms. The second-order valence-electron chi connectivity index (χ2n) is 7.30. The fourth-order valence-electron chi connectivity index (χ4n) is 3.80. The van der Waals surface area contributed by atoms with Gasteiger partial charge in [0.2, 0.25) is 0 Å². The number of hydrogen-bond acceptors (Lipinski definition) is 5. The van der Waals surface area contributed by atoms with E-state index in [-0.39, 0.29) is 18.1 Å². The normalized spacial score (nSPS) is 18.9. The molecule has 0 saturated heterocycles. The molecule has 2 N–H and O–H groups in total. The summed E-state index contributed by atoms with van der Waals surface area (Å²) in [6, 6.07) is 13.5. The van der Waals surface area contributed by atoms with Crippen LogP contribution in [0.1, 0.15) is 29.6 Å². The molecule has 2 unspecified atom stereocenters. The van der Waals surface area contributed by atoms with Crippen LogP contribution in [0.25, 0.3) is 16.4 Å². The maximum absolute atomic E-state index is 13.0. The van der Waals surface area contributed by atoms with Crippen LogP contribution in [0.3, 0.4) is 0 Å². The molecule has 146 valence electrons. The summed E-state index contributed by atoms with van der Waals surface area (Å²) in [5.41, 5.74) is 1.47. The second-order valence-corrected chi connectivity index (χ2v) is 7.30. The van der Waals surface area contributed by atoms with Gasteiger partial charge in [-0.15, -0.1) is 0 Å². The van der Waals surface area contributed by atoms with Gasteiger partial charge in [0.15, 0.2) is 5.65 Å². The number of anilines is 1. The molecule has 1 aliphatic carbocycles. The van der Waals surface area contributed by atoms with Gasteiger partial charge in [0.1, 0.15) is 17.4 Å². The maximum atomic E-state index is 13.0. The standard InChI is InChI=1S/C22H20N4O3/c27-16-6-7-17(12-16)29-20-11-15-5-2-1-4-14(15)10-19(20)25-22(28)18-13-24-26-9-3-8-23-21(18)26/h1-5,8-11,13,16-17,27H,6-7,12H2,(H,25,28). The van der Waals surface area contributed by atoms with Gasteiger partial charge in [0.25, 0.3) is 5.91 Å². The van der Waals surface area contributed by atoms with Crippen LogP contribution in [0.15, 0.2) is 61.1 Å². The molecule has 2 aromatic heterocycles. The molecule has 1 fully saturated rings. The molecule has 5 rings (SSSR count). The van der Waals surface area contributed by atoms with Gasteiger partial charge in [0.05, 0.1) is 18.0 Å². The predicted octanol–water partition coefficient (Wildman–Crippen LogP) is 3.43. The van der Waals surface area contributed by atoms with E-state index in [1.54, 1.807) is 23.0 Å². The number of nitrogens with one attached hydrogen (secondary N) is 1. The number of aromatic nitrogens is 3. The third kappa shape index (κ3) is 3.40. The topological polar surface area (TPSA) is 88.8 Å². The largest absolute Gasteiger partial charge is 0.488 e. The summed E-state index contributed by atoms with van der Waals surface area (Å²) < 4.78 is 7.74. The van der Waals surface area contributed by atoms with Gasteiger partial charge in [-0.3, -0.25) is 4.79 Å². The highest BCUT2D eigenvalue weighted by atomic mass is 16.5. The molecule has 1 aliphatic rings. The number of benzene rings is 2. The number of rotatable bonds is 4. The number of fused-ring (bicyclic) bond motifs is 2. The molecule has 0 bridgehead atoms. The molecule has 2 heterocycles. The van der Waals surface area contributed by atoms with Crippen LogP contribution < -0.4 is 10.1 Å². The monoisotopic (exact) mass is 388 g/mol. The van der Waals surface area contributed by atoms with Gasteiger partial charge in [-0.2, -0.15) is 5.10 Å². The first kappa shape index (κ1) is 17.6. The van der Waals surface area contributed by atoms with Crippen molar-refractivity contribution in [2.45, 2.75) is 31.5 Å². The zero-order valence-electron chi connectivity index (χ0n) is 15.7. The van der Waals surface area contributed by atoms with E-state index in [2.05, 4.69) is 15.4 Å². The van der Waals surface area contributed by atoms with Crippen molar-refractivity contribution in [1.29, 1.82) is 0 Å². The minimum Gasteiger partial charge on any atom is -0.488 e. The number of aliphatic hydroxyl groups is 1. The Morgan fingerprint density at radius 1 is 1.17 bits per heavy atom. The van der Waals surface area contributed by atoms with Crippen molar-refractivity contribution in [1.82, 2.24) is 14.6 Å². The van der Waals surface area contributed by atoms with E-state index in [1.165, 1.54) is 6.20 Å². The molecule has 2 atom stereocenters. The first-order valence-electron chi connectivity index (χ1n) is 9.64. The van der Waals surface area contributed by atoms with Gasteiger partial charge in [0, 0.05) is 18.8 Å². The SMILES string of the molecule is O=C(Nc1cc2ccccc2cc1OC1CCC(O)C1)c1cnn2cccnc12. The molecule has 0 radical (unpaired) electrons. The van der Waals surface area contributed by atoms with Crippen molar-refractivity contribution in [3.63, 3.8) is 0 Å². The van der Waals surface area contributed by atoms with Crippen LogP contribution in [0.2, 0.25) is 0 Å². The molecular formula is C22H20N4O3. The van der Waals surface area contributed by atoms with E-state index >= 15 is 0 Å². The van der Waals surface area contributed by atoms with Crippen LogP contribution in [0.4, 0.5) is 5.69 Å². The van der Waals surface area contributed by atoms with Gasteiger partial charge in [-0.1, -0.05) is 24.3 Å². The number of amides is 1. The van der Waals surface area contributed by atoms with Crippen molar-refractivity contribution >= 4 is 28.0 Å². The summed E-state index contributed by atoms with van der Waals surface area (Å²) in [6.07, 6.45) is 6.60. The van der Waals surface area contributed by atoms with E-state index in [0.29, 0.717) is 29.1 Å². The number of nitrogens with zero attached hydrogens (tertiary/aromatic N) is 3. The van der Waals surface area contributed by atoms with E-state index in [0.717, 1.165) is 23.6 Å². The Hall–Kier alpha value is -3.45. The molecule has 7 nitrogen and oxygen atoms in total. The highest BCUT2D eigenvalue weighted by molar-refractivity contribution is 6.09. The smallest absolute Gasteiger partial charge is 0.261 e. The summed E-state index contributed by atoms with van der Waals surface area (Å²) in [7, 11) is 0. The van der Waals surface area contributed by atoms with Crippen molar-refractivity contribution in [3.05, 3.63) is 66.6 Å². The quantitative estimate of drug-likeness (QED) is 0.559. The van der Waals surface area contributed by atoms with Crippen LogP contribution in [-0.2, 0) is 0 Å². The molecule has 2 aromatic carbocycles. The third-order valence-corrected chi connectivity index (χ3v) is 5.27. The second kappa shape index (κ2) is 7.18. The van der Waals surface area contributed by atoms with Crippen LogP contribution in [0.5, 0.6) is 5.75 Å². The zero-order chi connectivity index (χ0) is 19.8. The molecular weight excluding hydrogens is 368 g/mol. The van der Waals surface area contributed by atoms with Crippen LogP contribution in [-0.4, -0.2) is 37.8 Å². The first-order valence-corrected chi connectivity index (χ1v) is 9.64. The Kier molecular flexibility index (Phi) is 4.37. The minimum absolute atomic E-state index is 0.0690. The van der Waals surface area contributed by atoms with Crippen molar-refractivity contribution in [2.24, 2.45) is 0 Å². The lowest BCUT2D eigenvalue weighted by Gasteiger charge is -2.18. The maximum Gasteiger partial charge on any atom is 0.261 e. The highest BCUT2D eigenvalue weighted by Crippen LogP contribution is 2.34.